The smallest absolute Gasteiger partial charge is 0.367 e. The number of rotatable bonds is 1. The number of carbonyl (C=O) groups excluding carboxylic acids is 1. The van der Waals surface area contributed by atoms with Gasteiger partial charge in [0.05, 0.1) is 0 Å². The molecule has 0 heterocycles. The average Bonchev–Trinajstić information content (AvgIpc) is 2.14. The first kappa shape index (κ1) is 11.6. The van der Waals surface area contributed by atoms with Gasteiger partial charge in [0, 0.05) is 6.04 Å². The molecule has 1 rings (SSSR count). The summed E-state index contributed by atoms with van der Waals surface area (Å²) < 4.78 is 5.21. The molecule has 0 radical (unpaired) electrons. The van der Waals surface area contributed by atoms with Crippen LogP contribution in [0.4, 0.5) is 4.79 Å². The molecule has 2 atom stereocenters. The summed E-state index contributed by atoms with van der Waals surface area (Å²) in [5, 5.41) is -0.204. The van der Waals surface area contributed by atoms with Crippen molar-refractivity contribution in [1.82, 2.24) is 0 Å². The second kappa shape index (κ2) is 6.09. The van der Waals surface area contributed by atoms with Gasteiger partial charge in [0.15, 0.2) is 0 Å². The van der Waals surface area contributed by atoms with Crippen LogP contribution in [0.25, 0.3) is 0 Å². The standard InChI is InChI=1S/C10H17NO2S/c1-14-10(12)13-9-6-2-4-8(11)5-3-7-9/h2,6,8-9H,3-5,7,11H2,1H3/b6-2+. The number of ether oxygens (including phenoxy) is 1. The van der Waals surface area contributed by atoms with Crippen molar-refractivity contribution >= 4 is 17.1 Å². The van der Waals surface area contributed by atoms with Crippen molar-refractivity contribution in [2.24, 2.45) is 5.73 Å². The van der Waals surface area contributed by atoms with Gasteiger partial charge < -0.3 is 10.5 Å². The maximum absolute atomic E-state index is 11.0. The lowest BCUT2D eigenvalue weighted by Gasteiger charge is -2.17. The molecule has 2 N–H and O–H groups in total. The highest BCUT2D eigenvalue weighted by Crippen LogP contribution is 2.15. The third kappa shape index (κ3) is 4.15. The Hall–Kier alpha value is -0.480. The van der Waals surface area contributed by atoms with Crippen molar-refractivity contribution in [2.45, 2.75) is 37.8 Å². The molecule has 1 aliphatic carbocycles. The Labute approximate surface area is 89.1 Å². The monoisotopic (exact) mass is 215 g/mol. The van der Waals surface area contributed by atoms with Crippen LogP contribution in [0.5, 0.6) is 0 Å². The van der Waals surface area contributed by atoms with E-state index in [1.165, 1.54) is 0 Å². The maximum Gasteiger partial charge on any atom is 0.367 e. The van der Waals surface area contributed by atoms with Crippen LogP contribution in [0.1, 0.15) is 25.7 Å². The highest BCUT2D eigenvalue weighted by Gasteiger charge is 2.13. The van der Waals surface area contributed by atoms with Gasteiger partial charge in [-0.05, 0) is 49.8 Å². The Kier molecular flexibility index (Phi) is 5.04. The highest BCUT2D eigenvalue weighted by atomic mass is 32.2. The van der Waals surface area contributed by atoms with Crippen molar-refractivity contribution < 1.29 is 9.53 Å². The maximum atomic E-state index is 11.0. The Morgan fingerprint density at radius 2 is 2.36 bits per heavy atom. The Balaban J connectivity index is 2.41. The fourth-order valence-corrected chi connectivity index (χ4v) is 1.69. The van der Waals surface area contributed by atoms with Crippen LogP contribution in [-0.4, -0.2) is 23.7 Å². The van der Waals surface area contributed by atoms with E-state index in [1.807, 2.05) is 12.2 Å². The molecule has 0 spiro atoms. The second-order valence-corrected chi connectivity index (χ2v) is 4.21. The lowest BCUT2D eigenvalue weighted by Crippen LogP contribution is -2.22. The van der Waals surface area contributed by atoms with Crippen molar-refractivity contribution in [3.05, 3.63) is 12.2 Å². The van der Waals surface area contributed by atoms with Crippen molar-refractivity contribution in [2.75, 3.05) is 6.26 Å². The number of thioether (sulfide) groups is 1. The lowest BCUT2D eigenvalue weighted by molar-refractivity contribution is 0.139. The third-order valence-corrected chi connectivity index (χ3v) is 2.70. The Morgan fingerprint density at radius 3 is 3.07 bits per heavy atom. The minimum Gasteiger partial charge on any atom is -0.450 e. The van der Waals surface area contributed by atoms with Gasteiger partial charge in [-0.3, -0.25) is 0 Å². The van der Waals surface area contributed by atoms with Gasteiger partial charge in [0.2, 0.25) is 0 Å². The van der Waals surface area contributed by atoms with E-state index >= 15 is 0 Å². The summed E-state index contributed by atoms with van der Waals surface area (Å²) in [4.78, 5) is 11.0. The first-order valence-electron chi connectivity index (χ1n) is 4.89. The van der Waals surface area contributed by atoms with E-state index in [0.717, 1.165) is 37.4 Å². The van der Waals surface area contributed by atoms with Gasteiger partial charge in [-0.15, -0.1) is 0 Å². The van der Waals surface area contributed by atoms with Crippen molar-refractivity contribution in [1.29, 1.82) is 0 Å². The van der Waals surface area contributed by atoms with E-state index in [1.54, 1.807) is 6.26 Å². The quantitative estimate of drug-likeness (QED) is 0.538. The fraction of sp³-hybridized carbons (Fsp3) is 0.700. The Bertz CT molecular complexity index is 218. The first-order valence-corrected chi connectivity index (χ1v) is 6.11. The van der Waals surface area contributed by atoms with Crippen LogP contribution in [0.15, 0.2) is 12.2 Å². The molecule has 3 nitrogen and oxygen atoms in total. The number of hydrogen-bond acceptors (Lipinski definition) is 4. The molecule has 4 heteroatoms. The predicted molar refractivity (Wildman–Crippen MR) is 59.4 cm³/mol. The van der Waals surface area contributed by atoms with Gasteiger partial charge in [-0.1, -0.05) is 6.08 Å². The van der Waals surface area contributed by atoms with Crippen LogP contribution in [0.2, 0.25) is 0 Å². The van der Waals surface area contributed by atoms with Crippen molar-refractivity contribution in [3.63, 3.8) is 0 Å². The zero-order chi connectivity index (χ0) is 10.4. The van der Waals surface area contributed by atoms with Crippen LogP contribution in [-0.2, 0) is 4.74 Å². The van der Waals surface area contributed by atoms with E-state index in [9.17, 15) is 4.79 Å². The topological polar surface area (TPSA) is 52.3 Å². The highest BCUT2D eigenvalue weighted by molar-refractivity contribution is 8.12. The molecule has 0 amide bonds. The summed E-state index contributed by atoms with van der Waals surface area (Å²) in [6.45, 7) is 0. The average molecular weight is 215 g/mol. The molecule has 0 fully saturated rings. The van der Waals surface area contributed by atoms with Gasteiger partial charge in [-0.2, -0.15) is 0 Å². The zero-order valence-electron chi connectivity index (χ0n) is 8.44. The largest absolute Gasteiger partial charge is 0.450 e. The van der Waals surface area contributed by atoms with Crippen LogP contribution in [0.3, 0.4) is 0 Å². The summed E-state index contributed by atoms with van der Waals surface area (Å²) >= 11 is 1.11. The predicted octanol–water partition coefficient (Wildman–Crippen LogP) is 2.31. The molecule has 0 aromatic carbocycles. The second-order valence-electron chi connectivity index (χ2n) is 3.47. The number of nitrogens with two attached hydrogens (primary N) is 1. The van der Waals surface area contributed by atoms with Crippen molar-refractivity contribution in [3.8, 4) is 0 Å². The molecule has 0 aliphatic heterocycles. The minimum atomic E-state index is -0.204. The summed E-state index contributed by atoms with van der Waals surface area (Å²) in [6, 6.07) is 0.267. The first-order chi connectivity index (χ1) is 6.72. The molecule has 14 heavy (non-hydrogen) atoms. The SMILES string of the molecule is CSC(=O)OC1/C=C/CC(N)CCC1. The van der Waals surface area contributed by atoms with E-state index in [0.29, 0.717) is 0 Å². The van der Waals surface area contributed by atoms with E-state index < -0.39 is 0 Å². The zero-order valence-corrected chi connectivity index (χ0v) is 9.26. The van der Waals surface area contributed by atoms with Gasteiger partial charge in [-0.25, -0.2) is 4.79 Å². The summed E-state index contributed by atoms with van der Waals surface area (Å²) in [6.07, 6.45) is 9.45. The number of hydrogen-bond donors (Lipinski definition) is 1. The fourth-order valence-electron chi connectivity index (χ4n) is 1.47. The van der Waals surface area contributed by atoms with Gasteiger partial charge in [0.25, 0.3) is 0 Å². The minimum absolute atomic E-state index is 0.0533. The molecule has 1 aliphatic rings. The lowest BCUT2D eigenvalue weighted by atomic mass is 10.0. The summed E-state index contributed by atoms with van der Waals surface area (Å²) in [5.41, 5.74) is 5.81. The number of carbonyl (C=O) groups is 1. The van der Waals surface area contributed by atoms with E-state index in [2.05, 4.69) is 0 Å². The molecule has 0 aromatic rings. The molecule has 80 valence electrons. The van der Waals surface area contributed by atoms with Gasteiger partial charge >= 0.3 is 5.30 Å². The molecule has 2 unspecified atom stereocenters. The van der Waals surface area contributed by atoms with E-state index in [-0.39, 0.29) is 17.4 Å². The van der Waals surface area contributed by atoms with E-state index in [4.69, 9.17) is 10.5 Å². The normalized spacial score (nSPS) is 30.1. The molecule has 0 saturated heterocycles. The summed E-state index contributed by atoms with van der Waals surface area (Å²) in [5.74, 6) is 0. The van der Waals surface area contributed by atoms with Gasteiger partial charge in [0.1, 0.15) is 6.10 Å². The van der Waals surface area contributed by atoms with Crippen LogP contribution in [0, 0.1) is 0 Å². The van der Waals surface area contributed by atoms with Crippen LogP contribution < -0.4 is 5.73 Å². The molecular weight excluding hydrogens is 198 g/mol. The third-order valence-electron chi connectivity index (χ3n) is 2.27. The summed E-state index contributed by atoms with van der Waals surface area (Å²) in [7, 11) is 0. The molecule has 0 saturated carbocycles. The Morgan fingerprint density at radius 1 is 1.57 bits per heavy atom. The molecule has 0 bridgehead atoms. The van der Waals surface area contributed by atoms with Crippen LogP contribution >= 0.6 is 11.8 Å². The molecular formula is C10H17NO2S. The molecule has 0 aromatic heterocycles.